The Morgan fingerprint density at radius 3 is 2.71 bits per heavy atom. The van der Waals surface area contributed by atoms with Gasteiger partial charge in [0.2, 0.25) is 5.43 Å². The number of aryl methyl sites for hydroxylation is 2. The van der Waals surface area contributed by atoms with Gasteiger partial charge in [0.15, 0.2) is 6.61 Å². The lowest BCUT2D eigenvalue weighted by molar-refractivity contribution is -0.142. The third-order valence-corrected chi connectivity index (χ3v) is 6.14. The van der Waals surface area contributed by atoms with Gasteiger partial charge in [0.05, 0.1) is 10.9 Å². The highest BCUT2D eigenvalue weighted by Gasteiger charge is 2.20. The average Bonchev–Trinajstić information content (AvgIpc) is 3.25. The predicted octanol–water partition coefficient (Wildman–Crippen LogP) is 2.18. The number of nitrogens with two attached hydrogens (primary N) is 1. The first-order valence-corrected chi connectivity index (χ1v) is 11.8. The first kappa shape index (κ1) is 25.7. The fraction of sp³-hybridized carbons (Fsp3) is 0.348. The van der Waals surface area contributed by atoms with Crippen LogP contribution in [0.5, 0.6) is 5.75 Å². The predicted molar refractivity (Wildman–Crippen MR) is 130 cm³/mol. The fourth-order valence-corrected chi connectivity index (χ4v) is 4.19. The standard InChI is InChI=1S/C23H26N4O7S/c1-3-13-7-14-18(33-9-15(20(14)29)21-26-12(2)11-35-21)8-17(13)34-10-19(28)27-16(22(30)31)5-4-6-25-23(24)32/h7-9,11,16H,3-6,10H2,1-2H3,(H,27,28)(H,30,31)(H3,24,25,32)/t16-/m0/s1. The Morgan fingerprint density at radius 1 is 1.31 bits per heavy atom. The third kappa shape index (κ3) is 6.57. The second-order valence-electron chi connectivity index (χ2n) is 7.76. The molecule has 1 aromatic carbocycles. The van der Waals surface area contributed by atoms with Gasteiger partial charge in [-0.1, -0.05) is 6.92 Å². The molecule has 0 spiro atoms. The van der Waals surface area contributed by atoms with Crippen molar-refractivity contribution < 1.29 is 28.6 Å². The van der Waals surface area contributed by atoms with E-state index in [0.717, 1.165) is 5.69 Å². The van der Waals surface area contributed by atoms with Crippen molar-refractivity contribution in [3.8, 4) is 16.3 Å². The summed E-state index contributed by atoms with van der Waals surface area (Å²) in [6.07, 6.45) is 2.30. The molecule has 1 atom stereocenters. The molecule has 0 aliphatic carbocycles. The third-order valence-electron chi connectivity index (χ3n) is 5.15. The van der Waals surface area contributed by atoms with Crippen LogP contribution in [0.3, 0.4) is 0 Å². The largest absolute Gasteiger partial charge is 0.483 e. The van der Waals surface area contributed by atoms with E-state index in [1.165, 1.54) is 17.6 Å². The summed E-state index contributed by atoms with van der Waals surface area (Å²) in [4.78, 5) is 51.8. The van der Waals surface area contributed by atoms with Crippen LogP contribution in [-0.4, -0.2) is 47.2 Å². The average molecular weight is 503 g/mol. The van der Waals surface area contributed by atoms with Crippen molar-refractivity contribution in [2.75, 3.05) is 13.2 Å². The highest BCUT2D eigenvalue weighted by Crippen LogP contribution is 2.28. The Balaban J connectivity index is 1.71. The number of fused-ring (bicyclic) bond motifs is 1. The van der Waals surface area contributed by atoms with Gasteiger partial charge in [-0.25, -0.2) is 14.6 Å². The highest BCUT2D eigenvalue weighted by molar-refractivity contribution is 7.13. The van der Waals surface area contributed by atoms with Crippen molar-refractivity contribution in [3.63, 3.8) is 0 Å². The van der Waals surface area contributed by atoms with Crippen molar-refractivity contribution >= 4 is 40.2 Å². The van der Waals surface area contributed by atoms with Gasteiger partial charge in [0, 0.05) is 23.7 Å². The van der Waals surface area contributed by atoms with E-state index in [-0.39, 0.29) is 18.4 Å². The topological polar surface area (TPSA) is 174 Å². The van der Waals surface area contributed by atoms with E-state index >= 15 is 0 Å². The number of thiazole rings is 1. The number of nitrogens with one attached hydrogen (secondary N) is 2. The number of aromatic nitrogens is 1. The lowest BCUT2D eigenvalue weighted by atomic mass is 10.1. The summed E-state index contributed by atoms with van der Waals surface area (Å²) >= 11 is 1.36. The van der Waals surface area contributed by atoms with Gasteiger partial charge < -0.3 is 30.6 Å². The SMILES string of the molecule is CCc1cc2c(=O)c(-c3nc(C)cs3)coc2cc1OCC(=O)N[C@@H](CCCNC(N)=O)C(=O)O. The lowest BCUT2D eigenvalue weighted by Crippen LogP contribution is -2.43. The number of carboxylic acid groups (broad SMARTS) is 1. The summed E-state index contributed by atoms with van der Waals surface area (Å²) in [6.45, 7) is 3.49. The molecule has 0 fully saturated rings. The van der Waals surface area contributed by atoms with Crippen LogP contribution in [0, 0.1) is 6.92 Å². The molecule has 3 rings (SSSR count). The van der Waals surface area contributed by atoms with Crippen molar-refractivity contribution in [1.82, 2.24) is 15.6 Å². The van der Waals surface area contributed by atoms with Crippen LogP contribution < -0.4 is 26.5 Å². The van der Waals surface area contributed by atoms with Crippen LogP contribution in [0.25, 0.3) is 21.5 Å². The summed E-state index contributed by atoms with van der Waals surface area (Å²) in [6, 6.07) is 1.37. The molecule has 0 aliphatic rings. The quantitative estimate of drug-likeness (QED) is 0.289. The number of amides is 3. The minimum absolute atomic E-state index is 0.101. The molecule has 3 aromatic rings. The van der Waals surface area contributed by atoms with Crippen LogP contribution in [0.15, 0.2) is 33.0 Å². The summed E-state index contributed by atoms with van der Waals surface area (Å²) in [7, 11) is 0. The monoisotopic (exact) mass is 502 g/mol. The first-order chi connectivity index (χ1) is 16.7. The number of urea groups is 1. The number of carbonyl (C=O) groups excluding carboxylic acids is 2. The smallest absolute Gasteiger partial charge is 0.326 e. The Kier molecular flexibility index (Phi) is 8.42. The van der Waals surface area contributed by atoms with Crippen molar-refractivity contribution in [3.05, 3.63) is 45.3 Å². The van der Waals surface area contributed by atoms with Crippen molar-refractivity contribution in [1.29, 1.82) is 0 Å². The van der Waals surface area contributed by atoms with Gasteiger partial charge in [0.1, 0.15) is 28.6 Å². The molecule has 0 unspecified atom stereocenters. The molecule has 12 heteroatoms. The molecule has 0 radical (unpaired) electrons. The Labute approximate surface area is 204 Å². The van der Waals surface area contributed by atoms with Crippen molar-refractivity contribution in [2.45, 2.75) is 39.2 Å². The van der Waals surface area contributed by atoms with Crippen LogP contribution in [0.4, 0.5) is 4.79 Å². The van der Waals surface area contributed by atoms with Gasteiger partial charge >= 0.3 is 12.0 Å². The van der Waals surface area contributed by atoms with Gasteiger partial charge in [-0.15, -0.1) is 11.3 Å². The number of carbonyl (C=O) groups is 3. The number of rotatable bonds is 11. The van der Waals surface area contributed by atoms with Gasteiger partial charge in [-0.3, -0.25) is 9.59 Å². The van der Waals surface area contributed by atoms with E-state index in [1.54, 1.807) is 12.1 Å². The number of aliphatic carboxylic acids is 1. The minimum atomic E-state index is -1.20. The second-order valence-corrected chi connectivity index (χ2v) is 8.62. The maximum absolute atomic E-state index is 13.0. The molecule has 2 aromatic heterocycles. The van der Waals surface area contributed by atoms with Crippen LogP contribution in [-0.2, 0) is 16.0 Å². The van der Waals surface area contributed by atoms with E-state index in [2.05, 4.69) is 15.6 Å². The van der Waals surface area contributed by atoms with E-state index in [4.69, 9.17) is 14.9 Å². The number of primary amides is 1. The van der Waals surface area contributed by atoms with Crippen LogP contribution in [0.1, 0.15) is 31.0 Å². The summed E-state index contributed by atoms with van der Waals surface area (Å²) < 4.78 is 11.3. The van der Waals surface area contributed by atoms with Gasteiger partial charge in [-0.05, 0) is 37.8 Å². The molecular weight excluding hydrogens is 476 g/mol. The van der Waals surface area contributed by atoms with E-state index < -0.39 is 30.6 Å². The van der Waals surface area contributed by atoms with Crippen molar-refractivity contribution in [2.24, 2.45) is 5.73 Å². The molecule has 0 bridgehead atoms. The van der Waals surface area contributed by atoms with E-state index in [1.807, 2.05) is 19.2 Å². The molecule has 5 N–H and O–H groups in total. The first-order valence-electron chi connectivity index (χ1n) is 10.9. The molecule has 11 nitrogen and oxygen atoms in total. The molecule has 3 amide bonds. The maximum atomic E-state index is 13.0. The molecule has 186 valence electrons. The zero-order chi connectivity index (χ0) is 25.5. The molecular formula is C23H26N4O7S. The van der Waals surface area contributed by atoms with Crippen LogP contribution >= 0.6 is 11.3 Å². The molecule has 0 aliphatic heterocycles. The minimum Gasteiger partial charge on any atom is -0.483 e. The zero-order valence-corrected chi connectivity index (χ0v) is 20.1. The highest BCUT2D eigenvalue weighted by atomic mass is 32.1. The number of carboxylic acids is 1. The molecule has 0 saturated carbocycles. The summed E-state index contributed by atoms with van der Waals surface area (Å²) in [5.41, 5.74) is 6.93. The zero-order valence-electron chi connectivity index (χ0n) is 19.3. The number of ether oxygens (including phenoxy) is 1. The van der Waals surface area contributed by atoms with Gasteiger partial charge in [-0.2, -0.15) is 0 Å². The molecule has 0 saturated heterocycles. The number of benzene rings is 1. The second kappa shape index (κ2) is 11.5. The van der Waals surface area contributed by atoms with E-state index in [9.17, 15) is 24.3 Å². The normalized spacial score (nSPS) is 11.7. The summed E-state index contributed by atoms with van der Waals surface area (Å²) in [5.74, 6) is -1.47. The lowest BCUT2D eigenvalue weighted by Gasteiger charge is -2.16. The number of hydrogen-bond donors (Lipinski definition) is 4. The van der Waals surface area contributed by atoms with Gasteiger partial charge in [0.25, 0.3) is 5.91 Å². The maximum Gasteiger partial charge on any atom is 0.326 e. The fourth-order valence-electron chi connectivity index (χ4n) is 3.39. The van der Waals surface area contributed by atoms with Crippen LogP contribution in [0.2, 0.25) is 0 Å². The van der Waals surface area contributed by atoms with E-state index in [0.29, 0.717) is 45.7 Å². The Bertz CT molecular complexity index is 1300. The molecule has 2 heterocycles. The Hall–Kier alpha value is -3.93. The Morgan fingerprint density at radius 2 is 2.09 bits per heavy atom. The molecule has 35 heavy (non-hydrogen) atoms. The number of hydrogen-bond acceptors (Lipinski definition) is 8. The summed E-state index contributed by atoms with van der Waals surface area (Å²) in [5, 5.41) is 16.9. The number of nitrogens with zero attached hydrogens (tertiary/aromatic N) is 1.